The van der Waals surface area contributed by atoms with Crippen LogP contribution in [0.25, 0.3) is 0 Å². The molecular weight excluding hydrogens is 266 g/mol. The van der Waals surface area contributed by atoms with Gasteiger partial charge in [-0.2, -0.15) is 0 Å². The van der Waals surface area contributed by atoms with Gasteiger partial charge in [-0.25, -0.2) is 0 Å². The Morgan fingerprint density at radius 3 is 2.76 bits per heavy atom. The summed E-state index contributed by atoms with van der Waals surface area (Å²) in [6.45, 7) is 7.68. The Bertz CT molecular complexity index is 494. The standard InChI is InChI=1S/C16H25N3O2/c1-12-10-18(2)5-6-19(12)11-14(17)13-3-4-15-16(9-13)21-8-7-20-15/h3-4,9,12,14H,5-8,10-11,17H2,1-2H3. The molecule has 2 N–H and O–H groups in total. The molecule has 2 heterocycles. The Labute approximate surface area is 126 Å². The molecule has 5 nitrogen and oxygen atoms in total. The molecule has 116 valence electrons. The van der Waals surface area contributed by atoms with E-state index in [4.69, 9.17) is 15.2 Å². The van der Waals surface area contributed by atoms with E-state index < -0.39 is 0 Å². The van der Waals surface area contributed by atoms with E-state index in [9.17, 15) is 0 Å². The van der Waals surface area contributed by atoms with E-state index in [2.05, 4.69) is 29.8 Å². The maximum Gasteiger partial charge on any atom is 0.161 e. The largest absolute Gasteiger partial charge is 0.486 e. The molecule has 1 fully saturated rings. The smallest absolute Gasteiger partial charge is 0.161 e. The lowest BCUT2D eigenvalue weighted by molar-refractivity contribution is 0.0944. The summed E-state index contributed by atoms with van der Waals surface area (Å²) < 4.78 is 11.2. The molecule has 1 aromatic rings. The Balaban J connectivity index is 1.66. The molecule has 0 aliphatic carbocycles. The van der Waals surface area contributed by atoms with Gasteiger partial charge in [0.1, 0.15) is 13.2 Å². The van der Waals surface area contributed by atoms with Crippen LogP contribution in [-0.4, -0.2) is 62.3 Å². The predicted molar refractivity (Wildman–Crippen MR) is 82.9 cm³/mol. The highest BCUT2D eigenvalue weighted by Gasteiger charge is 2.24. The Morgan fingerprint density at radius 1 is 1.24 bits per heavy atom. The maximum absolute atomic E-state index is 6.40. The highest BCUT2D eigenvalue weighted by atomic mass is 16.6. The SMILES string of the molecule is CC1CN(C)CCN1CC(N)c1ccc2c(c1)OCCO2. The highest BCUT2D eigenvalue weighted by molar-refractivity contribution is 5.44. The van der Waals surface area contributed by atoms with Crippen molar-refractivity contribution in [1.29, 1.82) is 0 Å². The number of hydrogen-bond acceptors (Lipinski definition) is 5. The van der Waals surface area contributed by atoms with E-state index in [1.165, 1.54) is 0 Å². The molecule has 2 unspecified atom stereocenters. The second-order valence-electron chi connectivity index (χ2n) is 6.12. The van der Waals surface area contributed by atoms with Crippen LogP contribution in [0, 0.1) is 0 Å². The van der Waals surface area contributed by atoms with Gasteiger partial charge in [-0.05, 0) is 31.7 Å². The van der Waals surface area contributed by atoms with Crippen LogP contribution >= 0.6 is 0 Å². The van der Waals surface area contributed by atoms with Gasteiger partial charge in [0, 0.05) is 38.3 Å². The topological polar surface area (TPSA) is 51.0 Å². The summed E-state index contributed by atoms with van der Waals surface area (Å²) in [4.78, 5) is 4.85. The third-order valence-corrected chi connectivity index (χ3v) is 4.39. The van der Waals surface area contributed by atoms with Crippen LogP contribution in [0.15, 0.2) is 18.2 Å². The maximum atomic E-state index is 6.40. The minimum Gasteiger partial charge on any atom is -0.486 e. The number of nitrogens with zero attached hydrogens (tertiary/aromatic N) is 2. The summed E-state index contributed by atoms with van der Waals surface area (Å²) in [5, 5.41) is 0. The summed E-state index contributed by atoms with van der Waals surface area (Å²) in [6.07, 6.45) is 0. The number of piperazine rings is 1. The van der Waals surface area contributed by atoms with Crippen molar-refractivity contribution in [2.45, 2.75) is 19.0 Å². The van der Waals surface area contributed by atoms with E-state index in [1.807, 2.05) is 12.1 Å². The van der Waals surface area contributed by atoms with Crippen molar-refractivity contribution >= 4 is 0 Å². The molecule has 2 atom stereocenters. The first-order valence-electron chi connectivity index (χ1n) is 7.71. The number of benzene rings is 1. The monoisotopic (exact) mass is 291 g/mol. The van der Waals surface area contributed by atoms with Crippen molar-refractivity contribution < 1.29 is 9.47 Å². The second-order valence-corrected chi connectivity index (χ2v) is 6.12. The minimum atomic E-state index is 0.00619. The van der Waals surface area contributed by atoms with Gasteiger partial charge in [0.25, 0.3) is 0 Å². The summed E-state index contributed by atoms with van der Waals surface area (Å²) >= 11 is 0. The molecule has 0 bridgehead atoms. The number of rotatable bonds is 3. The van der Waals surface area contributed by atoms with Crippen LogP contribution in [0.3, 0.4) is 0 Å². The molecule has 2 aliphatic heterocycles. The molecule has 5 heteroatoms. The van der Waals surface area contributed by atoms with Crippen LogP contribution < -0.4 is 15.2 Å². The van der Waals surface area contributed by atoms with E-state index in [0.717, 1.165) is 43.2 Å². The molecule has 3 rings (SSSR count). The first-order valence-corrected chi connectivity index (χ1v) is 7.71. The number of fused-ring (bicyclic) bond motifs is 1. The van der Waals surface area contributed by atoms with Gasteiger partial charge >= 0.3 is 0 Å². The molecule has 2 aliphatic rings. The van der Waals surface area contributed by atoms with Crippen molar-refractivity contribution in [3.05, 3.63) is 23.8 Å². The minimum absolute atomic E-state index is 0.00619. The van der Waals surface area contributed by atoms with E-state index in [-0.39, 0.29) is 6.04 Å². The van der Waals surface area contributed by atoms with Crippen LogP contribution in [0.2, 0.25) is 0 Å². The van der Waals surface area contributed by atoms with Crippen molar-refractivity contribution in [3.63, 3.8) is 0 Å². The fourth-order valence-electron chi connectivity index (χ4n) is 3.10. The average molecular weight is 291 g/mol. The molecule has 1 saturated heterocycles. The third kappa shape index (κ3) is 3.31. The first-order chi connectivity index (χ1) is 10.1. The molecule has 21 heavy (non-hydrogen) atoms. The number of likely N-dealkylation sites (N-methyl/N-ethyl adjacent to an activating group) is 1. The highest BCUT2D eigenvalue weighted by Crippen LogP contribution is 2.32. The third-order valence-electron chi connectivity index (χ3n) is 4.39. The summed E-state index contributed by atoms with van der Waals surface area (Å²) in [5.41, 5.74) is 7.52. The lowest BCUT2D eigenvalue weighted by Gasteiger charge is -2.39. The zero-order valence-electron chi connectivity index (χ0n) is 12.9. The lowest BCUT2D eigenvalue weighted by atomic mass is 10.0. The molecule has 1 aromatic carbocycles. The average Bonchev–Trinajstić information content (AvgIpc) is 2.49. The summed E-state index contributed by atoms with van der Waals surface area (Å²) in [6, 6.07) is 6.61. The van der Waals surface area contributed by atoms with E-state index in [1.54, 1.807) is 0 Å². The van der Waals surface area contributed by atoms with Crippen molar-refractivity contribution in [2.24, 2.45) is 5.73 Å². The lowest BCUT2D eigenvalue weighted by Crippen LogP contribution is -2.52. The second kappa shape index (κ2) is 6.22. The Kier molecular flexibility index (Phi) is 4.33. The molecule has 0 aromatic heterocycles. The first kappa shape index (κ1) is 14.6. The number of ether oxygens (including phenoxy) is 2. The molecule has 0 amide bonds. The van der Waals surface area contributed by atoms with Gasteiger partial charge in [-0.15, -0.1) is 0 Å². The Hall–Kier alpha value is -1.30. The van der Waals surface area contributed by atoms with Crippen molar-refractivity contribution in [3.8, 4) is 11.5 Å². The van der Waals surface area contributed by atoms with Crippen LogP contribution in [0.4, 0.5) is 0 Å². The van der Waals surface area contributed by atoms with Gasteiger partial charge < -0.3 is 20.1 Å². The molecule has 0 saturated carbocycles. The zero-order chi connectivity index (χ0) is 14.8. The van der Waals surface area contributed by atoms with Crippen molar-refractivity contribution in [1.82, 2.24) is 9.80 Å². The van der Waals surface area contributed by atoms with E-state index in [0.29, 0.717) is 19.3 Å². The van der Waals surface area contributed by atoms with Gasteiger partial charge in [-0.3, -0.25) is 4.90 Å². The van der Waals surface area contributed by atoms with E-state index >= 15 is 0 Å². The van der Waals surface area contributed by atoms with Crippen LogP contribution in [0.5, 0.6) is 11.5 Å². The normalized spacial score (nSPS) is 24.8. The van der Waals surface area contributed by atoms with Gasteiger partial charge in [0.15, 0.2) is 11.5 Å². The van der Waals surface area contributed by atoms with Gasteiger partial charge in [0.2, 0.25) is 0 Å². The summed E-state index contributed by atoms with van der Waals surface area (Å²) in [5.74, 6) is 1.64. The Morgan fingerprint density at radius 2 is 2.00 bits per heavy atom. The van der Waals surface area contributed by atoms with Crippen LogP contribution in [-0.2, 0) is 0 Å². The van der Waals surface area contributed by atoms with Crippen LogP contribution in [0.1, 0.15) is 18.5 Å². The summed E-state index contributed by atoms with van der Waals surface area (Å²) in [7, 11) is 2.18. The fourth-order valence-corrected chi connectivity index (χ4v) is 3.10. The number of hydrogen-bond donors (Lipinski definition) is 1. The zero-order valence-corrected chi connectivity index (χ0v) is 12.9. The molecule has 0 radical (unpaired) electrons. The van der Waals surface area contributed by atoms with Gasteiger partial charge in [-0.1, -0.05) is 6.07 Å². The molecular formula is C16H25N3O2. The van der Waals surface area contributed by atoms with Gasteiger partial charge in [0.05, 0.1) is 0 Å². The predicted octanol–water partition coefficient (Wildman–Crippen LogP) is 1.09. The number of nitrogens with two attached hydrogens (primary N) is 1. The quantitative estimate of drug-likeness (QED) is 0.903. The van der Waals surface area contributed by atoms with Crippen molar-refractivity contribution in [2.75, 3.05) is 46.4 Å². The fraction of sp³-hybridized carbons (Fsp3) is 0.625. The molecule has 0 spiro atoms.